The number of carbonyl (C=O) groups excluding carboxylic acids is 2. The van der Waals surface area contributed by atoms with Crippen LogP contribution in [0.3, 0.4) is 0 Å². The van der Waals surface area contributed by atoms with Gasteiger partial charge in [-0.2, -0.15) is 0 Å². The lowest BCUT2D eigenvalue weighted by Crippen LogP contribution is -2.30. The van der Waals surface area contributed by atoms with Gasteiger partial charge in [0.05, 0.1) is 5.52 Å². The van der Waals surface area contributed by atoms with E-state index in [2.05, 4.69) is 29.5 Å². The first-order chi connectivity index (χ1) is 13.5. The maximum absolute atomic E-state index is 12.2. The average molecular weight is 375 g/mol. The summed E-state index contributed by atoms with van der Waals surface area (Å²) in [7, 11) is 0. The lowest BCUT2D eigenvalue weighted by molar-refractivity contribution is 0.0948. The molecule has 0 saturated heterocycles. The number of nitrogens with zero attached hydrogens (tertiary/aromatic N) is 1. The Kier molecular flexibility index (Phi) is 6.37. The summed E-state index contributed by atoms with van der Waals surface area (Å²) in [6, 6.07) is 19.0. The highest BCUT2D eigenvalue weighted by atomic mass is 16.2. The monoisotopic (exact) mass is 375 g/mol. The second kappa shape index (κ2) is 9.13. The second-order valence-corrected chi connectivity index (χ2v) is 7.03. The van der Waals surface area contributed by atoms with Crippen LogP contribution in [0.4, 0.5) is 0 Å². The Balaban J connectivity index is 1.42. The van der Waals surface area contributed by atoms with Crippen molar-refractivity contribution in [3.63, 3.8) is 0 Å². The van der Waals surface area contributed by atoms with Gasteiger partial charge in [0.15, 0.2) is 0 Å². The van der Waals surface area contributed by atoms with Crippen molar-refractivity contribution in [1.82, 2.24) is 15.6 Å². The van der Waals surface area contributed by atoms with Gasteiger partial charge in [-0.3, -0.25) is 9.59 Å². The fourth-order valence-electron chi connectivity index (χ4n) is 2.90. The van der Waals surface area contributed by atoms with Crippen LogP contribution in [0.15, 0.2) is 60.7 Å². The molecule has 5 nitrogen and oxygen atoms in total. The first kappa shape index (κ1) is 19.5. The minimum absolute atomic E-state index is 0.0992. The van der Waals surface area contributed by atoms with E-state index in [4.69, 9.17) is 0 Å². The molecule has 3 aromatic rings. The summed E-state index contributed by atoms with van der Waals surface area (Å²) in [5.74, 6) is 0.136. The number of para-hydroxylation sites is 1. The summed E-state index contributed by atoms with van der Waals surface area (Å²) in [6.45, 7) is 5.21. The highest BCUT2D eigenvalue weighted by molar-refractivity contribution is 5.95. The van der Waals surface area contributed by atoms with Crippen molar-refractivity contribution < 1.29 is 9.59 Å². The molecule has 0 aliphatic heterocycles. The molecule has 1 aromatic heterocycles. The number of rotatable bonds is 7. The number of pyridine rings is 1. The number of hydrogen-bond donors (Lipinski definition) is 2. The third-order valence-corrected chi connectivity index (χ3v) is 4.60. The molecule has 0 saturated carbocycles. The van der Waals surface area contributed by atoms with E-state index in [0.717, 1.165) is 10.9 Å². The highest BCUT2D eigenvalue weighted by Crippen LogP contribution is 2.14. The molecule has 0 atom stereocenters. The minimum Gasteiger partial charge on any atom is -0.352 e. The van der Waals surface area contributed by atoms with Crippen LogP contribution in [-0.4, -0.2) is 29.9 Å². The van der Waals surface area contributed by atoms with Crippen LogP contribution in [0.5, 0.6) is 0 Å². The Morgan fingerprint density at radius 1 is 0.857 bits per heavy atom. The summed E-state index contributed by atoms with van der Waals surface area (Å²) < 4.78 is 0. The molecule has 0 bridgehead atoms. The fourth-order valence-corrected chi connectivity index (χ4v) is 2.90. The van der Waals surface area contributed by atoms with Crippen LogP contribution in [0.1, 0.15) is 52.6 Å². The number of aromatic nitrogens is 1. The van der Waals surface area contributed by atoms with Gasteiger partial charge in [0, 0.05) is 24.0 Å². The van der Waals surface area contributed by atoms with Crippen molar-refractivity contribution in [2.24, 2.45) is 0 Å². The third-order valence-electron chi connectivity index (χ3n) is 4.60. The van der Waals surface area contributed by atoms with Gasteiger partial charge in [0.25, 0.3) is 11.8 Å². The summed E-state index contributed by atoms with van der Waals surface area (Å²) in [6.07, 6.45) is 0.648. The van der Waals surface area contributed by atoms with E-state index >= 15 is 0 Å². The first-order valence-corrected chi connectivity index (χ1v) is 9.57. The molecule has 5 heteroatoms. The van der Waals surface area contributed by atoms with Gasteiger partial charge in [-0.15, -0.1) is 0 Å². The number of amides is 2. The molecule has 0 radical (unpaired) electrons. The van der Waals surface area contributed by atoms with Gasteiger partial charge < -0.3 is 10.6 Å². The number of fused-ring (bicyclic) bond motifs is 1. The predicted octanol–water partition coefficient (Wildman–Crippen LogP) is 3.91. The Morgan fingerprint density at radius 2 is 1.54 bits per heavy atom. The molecule has 3 rings (SSSR count). The van der Waals surface area contributed by atoms with E-state index < -0.39 is 0 Å². The van der Waals surface area contributed by atoms with E-state index in [1.807, 2.05) is 54.6 Å². The Morgan fingerprint density at radius 3 is 2.25 bits per heavy atom. The molecule has 144 valence electrons. The maximum Gasteiger partial charge on any atom is 0.269 e. The maximum atomic E-state index is 12.2. The van der Waals surface area contributed by atoms with E-state index in [-0.39, 0.29) is 11.8 Å². The minimum atomic E-state index is -0.207. The summed E-state index contributed by atoms with van der Waals surface area (Å²) >= 11 is 0. The van der Waals surface area contributed by atoms with Crippen LogP contribution in [0.25, 0.3) is 10.9 Å². The van der Waals surface area contributed by atoms with Gasteiger partial charge in [-0.25, -0.2) is 4.98 Å². The van der Waals surface area contributed by atoms with Crippen molar-refractivity contribution in [3.8, 4) is 0 Å². The van der Waals surface area contributed by atoms with Crippen molar-refractivity contribution in [2.75, 3.05) is 13.1 Å². The second-order valence-electron chi connectivity index (χ2n) is 7.03. The Hall–Kier alpha value is -3.21. The van der Waals surface area contributed by atoms with E-state index in [1.54, 1.807) is 6.07 Å². The molecule has 2 amide bonds. The smallest absolute Gasteiger partial charge is 0.269 e. The van der Waals surface area contributed by atoms with E-state index in [1.165, 1.54) is 5.56 Å². The fraction of sp³-hybridized carbons (Fsp3) is 0.261. The zero-order valence-corrected chi connectivity index (χ0v) is 16.2. The van der Waals surface area contributed by atoms with Gasteiger partial charge in [-0.1, -0.05) is 50.2 Å². The van der Waals surface area contributed by atoms with Crippen LogP contribution >= 0.6 is 0 Å². The summed E-state index contributed by atoms with van der Waals surface area (Å²) in [5.41, 5.74) is 3.05. The molecule has 0 aliphatic carbocycles. The Labute approximate surface area is 165 Å². The molecular formula is C23H25N3O2. The van der Waals surface area contributed by atoms with E-state index in [0.29, 0.717) is 36.7 Å². The molecule has 2 N–H and O–H groups in total. The van der Waals surface area contributed by atoms with Crippen molar-refractivity contribution in [1.29, 1.82) is 0 Å². The lowest BCUT2D eigenvalue weighted by atomic mass is 10.0. The number of hydrogen-bond acceptors (Lipinski definition) is 3. The van der Waals surface area contributed by atoms with Crippen molar-refractivity contribution in [3.05, 3.63) is 77.5 Å². The standard InChI is InChI=1S/C23H25N3O2/c1-16(2)17-8-10-19(11-9-17)22(27)24-14-5-15-25-23(28)21-13-12-18-6-3-4-7-20(18)26-21/h3-4,6-13,16H,5,14-15H2,1-2H3,(H,24,27)(H,25,28). The number of nitrogens with one attached hydrogen (secondary N) is 2. The average Bonchev–Trinajstić information content (AvgIpc) is 2.72. The summed E-state index contributed by atoms with van der Waals surface area (Å²) in [4.78, 5) is 28.8. The quantitative estimate of drug-likeness (QED) is 0.615. The normalized spacial score (nSPS) is 10.8. The molecule has 0 fully saturated rings. The zero-order chi connectivity index (χ0) is 19.9. The predicted molar refractivity (Wildman–Crippen MR) is 112 cm³/mol. The van der Waals surface area contributed by atoms with Crippen LogP contribution in [-0.2, 0) is 0 Å². The van der Waals surface area contributed by atoms with Crippen molar-refractivity contribution in [2.45, 2.75) is 26.2 Å². The van der Waals surface area contributed by atoms with E-state index in [9.17, 15) is 9.59 Å². The number of carbonyl (C=O) groups is 2. The third kappa shape index (κ3) is 4.94. The molecule has 1 heterocycles. The first-order valence-electron chi connectivity index (χ1n) is 9.57. The number of benzene rings is 2. The van der Waals surface area contributed by atoms with Gasteiger partial charge in [0.2, 0.25) is 0 Å². The zero-order valence-electron chi connectivity index (χ0n) is 16.2. The molecular weight excluding hydrogens is 350 g/mol. The van der Waals surface area contributed by atoms with Crippen LogP contribution in [0.2, 0.25) is 0 Å². The molecule has 0 aliphatic rings. The molecule has 2 aromatic carbocycles. The largest absolute Gasteiger partial charge is 0.352 e. The van der Waals surface area contributed by atoms with Crippen molar-refractivity contribution >= 4 is 22.7 Å². The SMILES string of the molecule is CC(C)c1ccc(C(=O)NCCCNC(=O)c2ccc3ccccc3n2)cc1. The van der Waals surface area contributed by atoms with Crippen LogP contribution < -0.4 is 10.6 Å². The highest BCUT2D eigenvalue weighted by Gasteiger charge is 2.08. The van der Waals surface area contributed by atoms with Gasteiger partial charge >= 0.3 is 0 Å². The van der Waals surface area contributed by atoms with Gasteiger partial charge in [-0.05, 0) is 42.2 Å². The lowest BCUT2D eigenvalue weighted by Gasteiger charge is -2.09. The summed E-state index contributed by atoms with van der Waals surface area (Å²) in [5, 5.41) is 6.73. The molecule has 0 spiro atoms. The van der Waals surface area contributed by atoms with Crippen LogP contribution in [0, 0.1) is 0 Å². The molecule has 28 heavy (non-hydrogen) atoms. The van der Waals surface area contributed by atoms with Gasteiger partial charge in [0.1, 0.15) is 5.69 Å². The topological polar surface area (TPSA) is 71.1 Å². The Bertz CT molecular complexity index is 965. The molecule has 0 unspecified atom stereocenters.